The van der Waals surface area contributed by atoms with E-state index in [9.17, 15) is 4.79 Å². The van der Waals surface area contributed by atoms with E-state index in [0.29, 0.717) is 6.16 Å². The van der Waals surface area contributed by atoms with Gasteiger partial charge in [0.2, 0.25) is 5.71 Å². The Hall–Kier alpha value is -2.97. The molecule has 4 nitrogen and oxygen atoms in total. The molecular formula is C26H29NO3P+. The third-order valence-corrected chi connectivity index (χ3v) is 9.13. The molecule has 3 aromatic rings. The largest absolute Gasteiger partial charge is 0.455 e. The predicted molar refractivity (Wildman–Crippen MR) is 130 cm³/mol. The van der Waals surface area contributed by atoms with Gasteiger partial charge in [-0.2, -0.15) is 0 Å². The Morgan fingerprint density at radius 1 is 0.774 bits per heavy atom. The first-order chi connectivity index (χ1) is 14.9. The molecule has 0 spiro atoms. The van der Waals surface area contributed by atoms with Gasteiger partial charge >= 0.3 is 5.97 Å². The maximum absolute atomic E-state index is 13.1. The second-order valence-electron chi connectivity index (χ2n) is 8.20. The minimum absolute atomic E-state index is 0.280. The van der Waals surface area contributed by atoms with Crippen molar-refractivity contribution < 1.29 is 14.4 Å². The van der Waals surface area contributed by atoms with Crippen molar-refractivity contribution in [2.45, 2.75) is 26.4 Å². The fourth-order valence-corrected chi connectivity index (χ4v) is 7.69. The van der Waals surface area contributed by atoms with Crippen molar-refractivity contribution in [2.75, 3.05) is 13.3 Å². The van der Waals surface area contributed by atoms with Gasteiger partial charge < -0.3 is 9.57 Å². The van der Waals surface area contributed by atoms with Crippen molar-refractivity contribution in [2.24, 2.45) is 5.16 Å². The van der Waals surface area contributed by atoms with Crippen LogP contribution in [0.3, 0.4) is 0 Å². The lowest BCUT2D eigenvalue weighted by molar-refractivity contribution is -0.146. The standard InChI is InChI=1S/C26H29NO3P/c1-26(2,3)30-25(28)24(27-29-4)20-31(21-14-8-5-9-15-21,22-16-10-6-11-17-22)23-18-12-7-13-19-23/h5-19H,20H2,1-4H3/q+1. The van der Waals surface area contributed by atoms with Crippen molar-refractivity contribution in [3.05, 3.63) is 91.0 Å². The van der Waals surface area contributed by atoms with Crippen molar-refractivity contribution in [1.29, 1.82) is 0 Å². The Morgan fingerprint density at radius 2 is 1.16 bits per heavy atom. The smallest absolute Gasteiger partial charge is 0.360 e. The molecule has 0 aromatic heterocycles. The molecule has 0 bridgehead atoms. The number of carbonyl (C=O) groups is 1. The SMILES string of the molecule is CON=C(C[P+](c1ccccc1)(c1ccccc1)c1ccccc1)C(=O)OC(C)(C)C. The van der Waals surface area contributed by atoms with E-state index in [1.807, 2.05) is 75.4 Å². The number of hydrogen-bond acceptors (Lipinski definition) is 4. The Kier molecular flexibility index (Phi) is 7.25. The summed E-state index contributed by atoms with van der Waals surface area (Å²) in [7, 11) is -0.814. The molecule has 0 saturated carbocycles. The van der Waals surface area contributed by atoms with Crippen molar-refractivity contribution >= 4 is 34.9 Å². The molecule has 0 N–H and O–H groups in total. The zero-order valence-corrected chi connectivity index (χ0v) is 19.4. The van der Waals surface area contributed by atoms with E-state index < -0.39 is 18.8 Å². The fraction of sp³-hybridized carbons (Fsp3) is 0.231. The van der Waals surface area contributed by atoms with Gasteiger partial charge in [0.25, 0.3) is 0 Å². The predicted octanol–water partition coefficient (Wildman–Crippen LogP) is 4.32. The number of nitrogens with zero attached hydrogens (tertiary/aromatic N) is 1. The van der Waals surface area contributed by atoms with Crippen LogP contribution in [0.5, 0.6) is 0 Å². The van der Waals surface area contributed by atoms with E-state index in [1.54, 1.807) is 0 Å². The fourth-order valence-electron chi connectivity index (χ4n) is 3.57. The minimum atomic E-state index is -2.27. The summed E-state index contributed by atoms with van der Waals surface area (Å²) in [6.45, 7) is 5.55. The van der Waals surface area contributed by atoms with Crippen LogP contribution in [0.2, 0.25) is 0 Å². The van der Waals surface area contributed by atoms with E-state index >= 15 is 0 Å². The lowest BCUT2D eigenvalue weighted by atomic mass is 10.2. The molecular weight excluding hydrogens is 405 g/mol. The summed E-state index contributed by atoms with van der Waals surface area (Å²) in [5.41, 5.74) is -0.346. The molecule has 31 heavy (non-hydrogen) atoms. The van der Waals surface area contributed by atoms with Gasteiger partial charge in [-0.15, -0.1) is 0 Å². The summed E-state index contributed by atoms with van der Waals surface area (Å²) in [6, 6.07) is 31.0. The average Bonchev–Trinajstić information content (AvgIpc) is 2.77. The molecule has 0 fully saturated rings. The number of benzene rings is 3. The highest BCUT2D eigenvalue weighted by molar-refractivity contribution is 7.96. The van der Waals surface area contributed by atoms with Gasteiger partial charge in [0.05, 0.1) is 0 Å². The van der Waals surface area contributed by atoms with Crippen molar-refractivity contribution in [3.63, 3.8) is 0 Å². The minimum Gasteiger partial charge on any atom is -0.455 e. The third kappa shape index (κ3) is 5.39. The summed E-state index contributed by atoms with van der Waals surface area (Å²) in [5, 5.41) is 7.64. The summed E-state index contributed by atoms with van der Waals surface area (Å²) in [4.78, 5) is 18.2. The lowest BCUT2D eigenvalue weighted by Gasteiger charge is -2.28. The van der Waals surface area contributed by atoms with Crippen LogP contribution in [0.25, 0.3) is 0 Å². The van der Waals surface area contributed by atoms with Crippen molar-refractivity contribution in [1.82, 2.24) is 0 Å². The molecule has 0 radical (unpaired) electrons. The first-order valence-electron chi connectivity index (χ1n) is 10.2. The van der Waals surface area contributed by atoms with Crippen LogP contribution in [0.4, 0.5) is 0 Å². The molecule has 0 atom stereocenters. The van der Waals surface area contributed by atoms with Crippen LogP contribution < -0.4 is 15.9 Å². The van der Waals surface area contributed by atoms with Gasteiger partial charge in [0, 0.05) is 0 Å². The van der Waals surface area contributed by atoms with Crippen LogP contribution in [-0.2, 0) is 14.4 Å². The maximum Gasteiger partial charge on any atom is 0.360 e. The van der Waals surface area contributed by atoms with Gasteiger partial charge in [-0.1, -0.05) is 59.8 Å². The average molecular weight is 434 g/mol. The lowest BCUT2D eigenvalue weighted by Crippen LogP contribution is -2.39. The number of rotatable bonds is 7. The molecule has 0 amide bonds. The molecule has 3 aromatic carbocycles. The third-order valence-electron chi connectivity index (χ3n) is 4.81. The zero-order chi connectivity index (χ0) is 22.3. The van der Waals surface area contributed by atoms with Gasteiger partial charge in [-0.25, -0.2) is 4.79 Å². The molecule has 0 aliphatic heterocycles. The molecule has 3 rings (SSSR count). The number of hydrogen-bond donors (Lipinski definition) is 0. The van der Waals surface area contributed by atoms with Crippen LogP contribution in [-0.4, -0.2) is 30.6 Å². The summed E-state index contributed by atoms with van der Waals surface area (Å²) in [5.74, 6) is -0.457. The highest BCUT2D eigenvalue weighted by atomic mass is 31.2. The van der Waals surface area contributed by atoms with E-state index in [2.05, 4.69) is 41.6 Å². The molecule has 5 heteroatoms. The highest BCUT2D eigenvalue weighted by Crippen LogP contribution is 2.55. The molecule has 0 saturated heterocycles. The summed E-state index contributed by atoms with van der Waals surface area (Å²) < 4.78 is 5.67. The van der Waals surface area contributed by atoms with Crippen LogP contribution in [0, 0.1) is 0 Å². The highest BCUT2D eigenvalue weighted by Gasteiger charge is 2.48. The monoisotopic (exact) mass is 434 g/mol. The van der Waals surface area contributed by atoms with Gasteiger partial charge in [0.1, 0.15) is 42.0 Å². The topological polar surface area (TPSA) is 47.9 Å². The number of oxime groups is 1. The molecule has 0 heterocycles. The number of carbonyl (C=O) groups excluding carboxylic acids is 1. The van der Waals surface area contributed by atoms with Gasteiger partial charge in [-0.3, -0.25) is 0 Å². The first kappa shape index (κ1) is 22.7. The molecule has 0 unspecified atom stereocenters. The Labute approximate surface area is 185 Å². The second-order valence-corrected chi connectivity index (χ2v) is 11.7. The van der Waals surface area contributed by atoms with E-state index in [1.165, 1.54) is 23.0 Å². The Morgan fingerprint density at radius 3 is 1.48 bits per heavy atom. The van der Waals surface area contributed by atoms with E-state index in [0.717, 1.165) is 0 Å². The molecule has 0 aliphatic carbocycles. The summed E-state index contributed by atoms with van der Waals surface area (Å²) >= 11 is 0. The molecule has 0 aliphatic rings. The number of ether oxygens (including phenoxy) is 1. The van der Waals surface area contributed by atoms with Crippen LogP contribution in [0.15, 0.2) is 96.2 Å². The van der Waals surface area contributed by atoms with E-state index in [-0.39, 0.29) is 5.71 Å². The number of esters is 1. The summed E-state index contributed by atoms with van der Waals surface area (Å²) in [6.07, 6.45) is 0.397. The van der Waals surface area contributed by atoms with Crippen LogP contribution in [0.1, 0.15) is 20.8 Å². The maximum atomic E-state index is 13.1. The zero-order valence-electron chi connectivity index (χ0n) is 18.5. The quantitative estimate of drug-likeness (QED) is 0.241. The second kappa shape index (κ2) is 9.89. The van der Waals surface area contributed by atoms with Gasteiger partial charge in [-0.05, 0) is 57.2 Å². The Balaban J connectivity index is 2.24. The van der Waals surface area contributed by atoms with Crippen LogP contribution >= 0.6 is 7.26 Å². The Bertz CT molecular complexity index is 916. The first-order valence-corrected chi connectivity index (χ1v) is 12.2. The normalized spacial score (nSPS) is 12.3. The van der Waals surface area contributed by atoms with E-state index in [4.69, 9.17) is 9.57 Å². The molecule has 160 valence electrons. The van der Waals surface area contributed by atoms with Gasteiger partial charge in [0.15, 0.2) is 0 Å². The van der Waals surface area contributed by atoms with Crippen molar-refractivity contribution in [3.8, 4) is 0 Å².